The maximum atomic E-state index is 13.0. The van der Waals surface area contributed by atoms with Gasteiger partial charge in [-0.3, -0.25) is 14.6 Å². The summed E-state index contributed by atoms with van der Waals surface area (Å²) in [6.45, 7) is 0.639. The minimum atomic E-state index is -0.326. The molecule has 0 bridgehead atoms. The van der Waals surface area contributed by atoms with Gasteiger partial charge in [0.25, 0.3) is 5.91 Å². The zero-order valence-corrected chi connectivity index (χ0v) is 21.5. The van der Waals surface area contributed by atoms with Crippen molar-refractivity contribution in [3.8, 4) is 10.6 Å². The van der Waals surface area contributed by atoms with Crippen LogP contribution in [0, 0.1) is 5.82 Å². The van der Waals surface area contributed by atoms with Crippen LogP contribution in [0.1, 0.15) is 46.2 Å². The van der Waals surface area contributed by atoms with Crippen LogP contribution in [0.4, 0.5) is 4.39 Å². The molecule has 0 aliphatic heterocycles. The molecule has 4 aromatic rings. The molecule has 1 atom stereocenters. The van der Waals surface area contributed by atoms with Crippen molar-refractivity contribution in [3.63, 3.8) is 0 Å². The maximum absolute atomic E-state index is 13.0. The second kappa shape index (κ2) is 14.1. The number of aromatic nitrogens is 3. The fourth-order valence-corrected chi connectivity index (χ4v) is 4.60. The van der Waals surface area contributed by atoms with Gasteiger partial charge in [-0.2, -0.15) is 0 Å². The molecule has 196 valence electrons. The summed E-state index contributed by atoms with van der Waals surface area (Å²) in [4.78, 5) is 28.9. The number of carbonyl (C=O) groups excluding carboxylic acids is 2. The van der Waals surface area contributed by atoms with E-state index in [1.807, 2.05) is 30.3 Å². The van der Waals surface area contributed by atoms with Gasteiger partial charge in [-0.25, -0.2) is 4.39 Å². The van der Waals surface area contributed by atoms with Gasteiger partial charge in [-0.15, -0.1) is 10.2 Å². The van der Waals surface area contributed by atoms with E-state index in [4.69, 9.17) is 4.74 Å². The molecule has 2 aromatic carbocycles. The Labute approximate surface area is 224 Å². The van der Waals surface area contributed by atoms with E-state index in [2.05, 4.69) is 25.8 Å². The van der Waals surface area contributed by atoms with Gasteiger partial charge in [-0.05, 0) is 49.1 Å². The highest BCUT2D eigenvalue weighted by Gasteiger charge is 2.20. The largest absolute Gasteiger partial charge is 0.367 e. The van der Waals surface area contributed by atoms with Crippen molar-refractivity contribution in [2.24, 2.45) is 0 Å². The SMILES string of the molecule is O=C(COCc1ccc(F)cc1)NCCCCC(NC(=O)c1cccnc1)c1nnc(-c2ccccc2)s1. The minimum absolute atomic E-state index is 0.0752. The average molecular weight is 534 g/mol. The van der Waals surface area contributed by atoms with Crippen molar-refractivity contribution in [2.45, 2.75) is 31.9 Å². The molecular formula is C28H28FN5O3S. The lowest BCUT2D eigenvalue weighted by Crippen LogP contribution is -2.30. The van der Waals surface area contributed by atoms with Crippen molar-refractivity contribution in [1.82, 2.24) is 25.8 Å². The summed E-state index contributed by atoms with van der Waals surface area (Å²) in [6.07, 6.45) is 5.23. The molecule has 0 spiro atoms. The molecular weight excluding hydrogens is 505 g/mol. The second-order valence-corrected chi connectivity index (χ2v) is 9.55. The molecule has 1 unspecified atom stereocenters. The topological polar surface area (TPSA) is 106 Å². The fourth-order valence-electron chi connectivity index (χ4n) is 3.66. The number of nitrogens with one attached hydrogen (secondary N) is 2. The van der Waals surface area contributed by atoms with Gasteiger partial charge in [-0.1, -0.05) is 53.8 Å². The normalized spacial score (nSPS) is 11.6. The summed E-state index contributed by atoms with van der Waals surface area (Å²) in [7, 11) is 0. The molecule has 0 aliphatic rings. The number of hydrogen-bond donors (Lipinski definition) is 2. The van der Waals surface area contributed by atoms with Crippen LogP contribution in [0.25, 0.3) is 10.6 Å². The Hall–Kier alpha value is -4.02. The summed E-state index contributed by atoms with van der Waals surface area (Å²) in [5.74, 6) is -0.760. The lowest BCUT2D eigenvalue weighted by atomic mass is 10.1. The fraction of sp³-hybridized carbons (Fsp3) is 0.250. The van der Waals surface area contributed by atoms with Crippen LogP contribution in [0.2, 0.25) is 0 Å². The summed E-state index contributed by atoms with van der Waals surface area (Å²) < 4.78 is 18.4. The van der Waals surface area contributed by atoms with Crippen molar-refractivity contribution in [3.05, 3.63) is 101 Å². The van der Waals surface area contributed by atoms with Crippen LogP contribution in [0.3, 0.4) is 0 Å². The third kappa shape index (κ3) is 8.25. The van der Waals surface area contributed by atoms with E-state index in [9.17, 15) is 14.0 Å². The lowest BCUT2D eigenvalue weighted by Gasteiger charge is -2.16. The Bertz CT molecular complexity index is 1300. The van der Waals surface area contributed by atoms with Crippen LogP contribution >= 0.6 is 11.3 Å². The van der Waals surface area contributed by atoms with Gasteiger partial charge >= 0.3 is 0 Å². The van der Waals surface area contributed by atoms with E-state index in [0.29, 0.717) is 24.9 Å². The molecule has 2 N–H and O–H groups in total. The molecule has 2 heterocycles. The number of pyridine rings is 1. The third-order valence-corrected chi connectivity index (χ3v) is 6.73. The predicted molar refractivity (Wildman–Crippen MR) is 143 cm³/mol. The predicted octanol–water partition coefficient (Wildman–Crippen LogP) is 4.71. The van der Waals surface area contributed by atoms with Crippen LogP contribution in [0.15, 0.2) is 79.1 Å². The number of benzene rings is 2. The summed E-state index contributed by atoms with van der Waals surface area (Å²) in [5.41, 5.74) is 2.24. The highest BCUT2D eigenvalue weighted by atomic mass is 32.1. The number of unbranched alkanes of at least 4 members (excludes halogenated alkanes) is 1. The number of rotatable bonds is 13. The summed E-state index contributed by atoms with van der Waals surface area (Å²) in [5, 5.41) is 16.1. The second-order valence-electron chi connectivity index (χ2n) is 8.54. The van der Waals surface area contributed by atoms with Gasteiger partial charge in [0.15, 0.2) is 0 Å². The quantitative estimate of drug-likeness (QED) is 0.241. The third-order valence-electron chi connectivity index (χ3n) is 5.65. The van der Waals surface area contributed by atoms with Crippen LogP contribution < -0.4 is 10.6 Å². The van der Waals surface area contributed by atoms with Gasteiger partial charge in [0.1, 0.15) is 22.4 Å². The lowest BCUT2D eigenvalue weighted by molar-refractivity contribution is -0.126. The van der Waals surface area contributed by atoms with Crippen molar-refractivity contribution in [2.75, 3.05) is 13.2 Å². The number of hydrogen-bond acceptors (Lipinski definition) is 7. The molecule has 2 aromatic heterocycles. The highest BCUT2D eigenvalue weighted by Crippen LogP contribution is 2.29. The zero-order chi connectivity index (χ0) is 26.6. The van der Waals surface area contributed by atoms with Gasteiger partial charge in [0.2, 0.25) is 5.91 Å². The van der Waals surface area contributed by atoms with Gasteiger partial charge in [0, 0.05) is 24.5 Å². The van der Waals surface area contributed by atoms with E-state index < -0.39 is 0 Å². The Morgan fingerprint density at radius 1 is 0.974 bits per heavy atom. The molecule has 0 saturated heterocycles. The van der Waals surface area contributed by atoms with E-state index in [0.717, 1.165) is 27.6 Å². The molecule has 8 nitrogen and oxygen atoms in total. The van der Waals surface area contributed by atoms with Gasteiger partial charge < -0.3 is 15.4 Å². The number of halogens is 1. The van der Waals surface area contributed by atoms with Crippen molar-refractivity contribution < 1.29 is 18.7 Å². The molecule has 2 amide bonds. The molecule has 0 fully saturated rings. The molecule has 0 aliphatic carbocycles. The van der Waals surface area contributed by atoms with Crippen LogP contribution in [-0.4, -0.2) is 40.1 Å². The molecule has 0 saturated carbocycles. The number of nitrogens with zero attached hydrogens (tertiary/aromatic N) is 3. The Morgan fingerprint density at radius 2 is 1.79 bits per heavy atom. The molecule has 4 rings (SSSR count). The summed E-state index contributed by atoms with van der Waals surface area (Å²) in [6, 6.07) is 18.8. The van der Waals surface area contributed by atoms with Crippen molar-refractivity contribution >= 4 is 23.2 Å². The van der Waals surface area contributed by atoms with E-state index in [1.165, 1.54) is 29.7 Å². The first kappa shape index (κ1) is 27.0. The Kier molecular flexibility index (Phi) is 10.00. The van der Waals surface area contributed by atoms with Crippen molar-refractivity contribution in [1.29, 1.82) is 0 Å². The monoisotopic (exact) mass is 533 g/mol. The van der Waals surface area contributed by atoms with E-state index in [-0.39, 0.29) is 36.9 Å². The number of carbonyl (C=O) groups is 2. The smallest absolute Gasteiger partial charge is 0.253 e. The number of ether oxygens (including phenoxy) is 1. The standard InChI is InChI=1S/C28H28FN5O3S/c29-23-13-11-20(12-14-23)18-37-19-25(35)31-16-5-4-10-24(32-26(36)22-9-6-15-30-17-22)28-34-33-27(38-28)21-7-2-1-3-8-21/h1-3,6-9,11-15,17,24H,4-5,10,16,18-19H2,(H,31,35)(H,32,36). The first-order valence-electron chi connectivity index (χ1n) is 12.3. The highest BCUT2D eigenvalue weighted by molar-refractivity contribution is 7.14. The van der Waals surface area contributed by atoms with Crippen LogP contribution in [-0.2, 0) is 16.1 Å². The maximum Gasteiger partial charge on any atom is 0.253 e. The van der Waals surface area contributed by atoms with Gasteiger partial charge in [0.05, 0.1) is 18.2 Å². The molecule has 10 heteroatoms. The Morgan fingerprint density at radius 3 is 2.55 bits per heavy atom. The van der Waals surface area contributed by atoms with E-state index >= 15 is 0 Å². The van der Waals surface area contributed by atoms with E-state index in [1.54, 1.807) is 30.5 Å². The molecule has 0 radical (unpaired) electrons. The molecule has 38 heavy (non-hydrogen) atoms. The van der Waals surface area contributed by atoms with Crippen LogP contribution in [0.5, 0.6) is 0 Å². The summed E-state index contributed by atoms with van der Waals surface area (Å²) >= 11 is 1.45. The Balaban J connectivity index is 1.26. The first-order chi connectivity index (χ1) is 18.6. The number of amides is 2. The average Bonchev–Trinajstić information content (AvgIpc) is 3.44. The minimum Gasteiger partial charge on any atom is -0.367 e. The first-order valence-corrected chi connectivity index (χ1v) is 13.1. The zero-order valence-electron chi connectivity index (χ0n) is 20.7.